The summed E-state index contributed by atoms with van der Waals surface area (Å²) >= 11 is 0. The second-order valence-corrected chi connectivity index (χ2v) is 5.35. The van der Waals surface area contributed by atoms with Crippen molar-refractivity contribution in [2.45, 2.75) is 25.5 Å². The summed E-state index contributed by atoms with van der Waals surface area (Å²) in [4.78, 5) is 12.4. The molecule has 2 rings (SSSR count). The number of carbonyl (C=O) groups excluding carboxylic acids is 1. The van der Waals surface area contributed by atoms with E-state index in [9.17, 15) is 20.6 Å². The zero-order valence-corrected chi connectivity index (χ0v) is 12.2. The van der Waals surface area contributed by atoms with Crippen LogP contribution in [-0.4, -0.2) is 31.7 Å². The van der Waals surface area contributed by atoms with Crippen molar-refractivity contribution >= 4 is 5.78 Å². The van der Waals surface area contributed by atoms with Crippen LogP contribution in [0, 0.1) is 50.2 Å². The number of Topliss-reactive ketones (excluding diaryl/α,β-unsaturated/α-hetero) is 1. The fraction of sp³-hybridized carbons (Fsp3) is 0.692. The van der Waals surface area contributed by atoms with Gasteiger partial charge in [0.15, 0.2) is 11.2 Å². The number of ether oxygens (including phenoxy) is 3. The SMILES string of the molecule is CO[C@]1(C)O[C@@]([NH3+])(OC)[C@]2(C#N)C(C#N)(C#N)[C@]12C(C)=O. The fourth-order valence-corrected chi connectivity index (χ4v) is 4.13. The van der Waals surface area contributed by atoms with Crippen molar-refractivity contribution in [1.29, 1.82) is 15.8 Å². The molecule has 0 aromatic carbocycles. The summed E-state index contributed by atoms with van der Waals surface area (Å²) in [6.45, 7) is 2.60. The quantitative estimate of drug-likeness (QED) is 0.660. The molecule has 1 aliphatic heterocycles. The lowest BCUT2D eigenvalue weighted by molar-refractivity contribution is -0.653. The summed E-state index contributed by atoms with van der Waals surface area (Å²) in [6, 6.07) is 5.53. The molecule has 0 spiro atoms. The molecule has 1 aliphatic carbocycles. The van der Waals surface area contributed by atoms with Crippen molar-refractivity contribution in [2.75, 3.05) is 14.2 Å². The molecule has 0 unspecified atom stereocenters. The monoisotopic (exact) mass is 291 g/mol. The summed E-state index contributed by atoms with van der Waals surface area (Å²) in [6.07, 6.45) is 0. The van der Waals surface area contributed by atoms with Gasteiger partial charge in [0.1, 0.15) is 11.2 Å². The molecule has 4 atom stereocenters. The van der Waals surface area contributed by atoms with Gasteiger partial charge in [-0.05, 0) is 13.8 Å². The molecule has 0 aromatic heterocycles. The lowest BCUT2D eigenvalue weighted by Gasteiger charge is -2.34. The van der Waals surface area contributed by atoms with Crippen molar-refractivity contribution in [2.24, 2.45) is 16.2 Å². The average molecular weight is 291 g/mol. The van der Waals surface area contributed by atoms with E-state index >= 15 is 0 Å². The lowest BCUT2D eigenvalue weighted by Crippen LogP contribution is -2.79. The number of hydrogen-bond donors (Lipinski definition) is 1. The Bertz CT molecular complexity index is 645. The molecular formula is C13H15N4O4+. The van der Waals surface area contributed by atoms with E-state index in [1.807, 2.05) is 18.2 Å². The number of rotatable bonds is 3. The van der Waals surface area contributed by atoms with Crippen LogP contribution in [-0.2, 0) is 19.0 Å². The third-order valence-electron chi connectivity index (χ3n) is 4.99. The van der Waals surface area contributed by atoms with Gasteiger partial charge in [0.2, 0.25) is 5.41 Å². The van der Waals surface area contributed by atoms with Crippen LogP contribution in [0.1, 0.15) is 13.8 Å². The number of methoxy groups -OCH3 is 2. The summed E-state index contributed by atoms with van der Waals surface area (Å²) < 4.78 is 16.1. The summed E-state index contributed by atoms with van der Waals surface area (Å²) in [5.41, 5.74) is -1.91. The van der Waals surface area contributed by atoms with Gasteiger partial charge in [-0.2, -0.15) is 15.8 Å². The largest absolute Gasteiger partial charge is 0.352 e. The number of nitrogens with zero attached hydrogens (tertiary/aromatic N) is 3. The highest BCUT2D eigenvalue weighted by Crippen LogP contribution is 2.89. The normalized spacial score (nSPS) is 45.8. The summed E-state index contributed by atoms with van der Waals surface area (Å²) in [7, 11) is 2.50. The first-order chi connectivity index (χ1) is 9.70. The molecule has 0 radical (unpaired) electrons. The highest BCUT2D eigenvalue weighted by molar-refractivity contribution is 5.95. The topological polar surface area (TPSA) is 144 Å². The molecule has 21 heavy (non-hydrogen) atoms. The molecule has 8 nitrogen and oxygen atoms in total. The van der Waals surface area contributed by atoms with Crippen molar-refractivity contribution in [3.63, 3.8) is 0 Å². The van der Waals surface area contributed by atoms with E-state index in [2.05, 4.69) is 5.73 Å². The molecule has 8 heteroatoms. The number of hydrogen-bond acceptors (Lipinski definition) is 7. The Morgan fingerprint density at radius 2 is 1.67 bits per heavy atom. The van der Waals surface area contributed by atoms with Crippen LogP contribution >= 0.6 is 0 Å². The number of nitriles is 3. The second-order valence-electron chi connectivity index (χ2n) is 5.35. The van der Waals surface area contributed by atoms with Gasteiger partial charge in [0.25, 0.3) is 0 Å². The minimum Gasteiger partial charge on any atom is -0.352 e. The van der Waals surface area contributed by atoms with Gasteiger partial charge in [-0.3, -0.25) is 9.53 Å². The highest BCUT2D eigenvalue weighted by Gasteiger charge is 3.10. The smallest absolute Gasteiger partial charge is 0.340 e. The van der Waals surface area contributed by atoms with Gasteiger partial charge < -0.3 is 15.2 Å². The van der Waals surface area contributed by atoms with E-state index in [-0.39, 0.29) is 0 Å². The van der Waals surface area contributed by atoms with Gasteiger partial charge in [-0.1, -0.05) is 0 Å². The first kappa shape index (κ1) is 15.4. The van der Waals surface area contributed by atoms with E-state index in [0.717, 1.165) is 0 Å². The van der Waals surface area contributed by atoms with E-state index < -0.39 is 33.7 Å². The fourth-order valence-electron chi connectivity index (χ4n) is 4.13. The van der Waals surface area contributed by atoms with Crippen LogP contribution in [0.2, 0.25) is 0 Å². The van der Waals surface area contributed by atoms with Crippen LogP contribution in [0.15, 0.2) is 0 Å². The van der Waals surface area contributed by atoms with Crippen LogP contribution in [0.5, 0.6) is 0 Å². The van der Waals surface area contributed by atoms with E-state index in [0.29, 0.717) is 0 Å². The zero-order valence-electron chi connectivity index (χ0n) is 12.2. The van der Waals surface area contributed by atoms with Gasteiger partial charge in [0.05, 0.1) is 18.2 Å². The molecular weight excluding hydrogens is 276 g/mol. The van der Waals surface area contributed by atoms with Gasteiger partial charge in [-0.15, -0.1) is 0 Å². The molecule has 1 saturated carbocycles. The van der Waals surface area contributed by atoms with Crippen molar-refractivity contribution in [1.82, 2.24) is 0 Å². The third-order valence-corrected chi connectivity index (χ3v) is 4.99. The summed E-state index contributed by atoms with van der Waals surface area (Å²) in [5.74, 6) is -4.11. The van der Waals surface area contributed by atoms with Crippen molar-refractivity contribution < 1.29 is 24.7 Å². The number of carbonyl (C=O) groups is 1. The third kappa shape index (κ3) is 0.994. The highest BCUT2D eigenvalue weighted by atomic mass is 16.8. The Hall–Kier alpha value is -2.02. The van der Waals surface area contributed by atoms with Crippen molar-refractivity contribution in [3.05, 3.63) is 0 Å². The molecule has 1 saturated heterocycles. The molecule has 3 N–H and O–H groups in total. The molecule has 110 valence electrons. The maximum absolute atomic E-state index is 12.4. The van der Waals surface area contributed by atoms with Gasteiger partial charge in [0, 0.05) is 14.2 Å². The van der Waals surface area contributed by atoms with Gasteiger partial charge >= 0.3 is 5.91 Å². The van der Waals surface area contributed by atoms with Crippen LogP contribution in [0.3, 0.4) is 0 Å². The average Bonchev–Trinajstić information content (AvgIpc) is 3.00. The maximum Gasteiger partial charge on any atom is 0.340 e. The molecule has 1 heterocycles. The minimum atomic E-state index is -1.96. The first-order valence-corrected chi connectivity index (χ1v) is 6.11. The van der Waals surface area contributed by atoms with E-state index in [1.165, 1.54) is 28.1 Å². The Kier molecular flexibility index (Phi) is 2.77. The molecule has 2 aliphatic rings. The Labute approximate surface area is 121 Å². The summed E-state index contributed by atoms with van der Waals surface area (Å²) in [5, 5.41) is 28.8. The predicted molar refractivity (Wildman–Crippen MR) is 63.9 cm³/mol. The number of ketones is 1. The van der Waals surface area contributed by atoms with E-state index in [1.54, 1.807) is 0 Å². The minimum absolute atomic E-state index is 0.556. The number of fused-ring (bicyclic) bond motifs is 1. The van der Waals surface area contributed by atoms with Crippen LogP contribution in [0.25, 0.3) is 0 Å². The Morgan fingerprint density at radius 3 is 1.95 bits per heavy atom. The maximum atomic E-state index is 12.4. The Balaban J connectivity index is 2.97. The van der Waals surface area contributed by atoms with Crippen LogP contribution in [0.4, 0.5) is 0 Å². The predicted octanol–water partition coefficient (Wildman–Crippen LogP) is -0.946. The van der Waals surface area contributed by atoms with Gasteiger partial charge in [-0.25, -0.2) is 0 Å². The molecule has 0 amide bonds. The lowest BCUT2D eigenvalue weighted by atomic mass is 9.82. The molecule has 2 fully saturated rings. The Morgan fingerprint density at radius 1 is 1.14 bits per heavy atom. The van der Waals surface area contributed by atoms with Crippen molar-refractivity contribution in [3.8, 4) is 18.2 Å². The molecule has 0 bridgehead atoms. The molecule has 0 aromatic rings. The first-order valence-electron chi connectivity index (χ1n) is 6.11. The number of quaternary nitrogens is 1. The van der Waals surface area contributed by atoms with E-state index in [4.69, 9.17) is 14.2 Å². The van der Waals surface area contributed by atoms with Crippen LogP contribution < -0.4 is 5.73 Å². The standard InChI is InChI=1S/C13H14N4O4/c1-8(18)12-9(2,19-3)21-13(17,20-4)11(12,7-16)10(12,5-14)6-15/h17H2,1-4H3/p+1/t9-,11-,12+,13+/m1/s1. The second kappa shape index (κ2) is 3.79. The zero-order chi connectivity index (χ0) is 16.3.